The SMILES string of the molecule is Cc1noc(-c2ccc(CC(C)C)cc2)n1. The lowest BCUT2D eigenvalue weighted by atomic mass is 10.0. The van der Waals surface area contributed by atoms with Crippen molar-refractivity contribution in [2.45, 2.75) is 27.2 Å². The molecule has 1 aromatic heterocycles. The molecule has 3 nitrogen and oxygen atoms in total. The van der Waals surface area contributed by atoms with E-state index in [9.17, 15) is 0 Å². The van der Waals surface area contributed by atoms with Crippen LogP contribution in [-0.2, 0) is 6.42 Å². The van der Waals surface area contributed by atoms with E-state index in [0.29, 0.717) is 17.6 Å². The molecule has 0 fully saturated rings. The molecular formula is C13H16N2O. The van der Waals surface area contributed by atoms with E-state index in [4.69, 9.17) is 4.52 Å². The molecule has 3 heteroatoms. The van der Waals surface area contributed by atoms with Crippen molar-refractivity contribution in [3.63, 3.8) is 0 Å². The highest BCUT2D eigenvalue weighted by Gasteiger charge is 2.06. The smallest absolute Gasteiger partial charge is 0.257 e. The van der Waals surface area contributed by atoms with Gasteiger partial charge in [-0.2, -0.15) is 4.98 Å². The highest BCUT2D eigenvalue weighted by Crippen LogP contribution is 2.18. The molecule has 0 aliphatic heterocycles. The van der Waals surface area contributed by atoms with Crippen LogP contribution in [0, 0.1) is 12.8 Å². The third-order valence-electron chi connectivity index (χ3n) is 2.37. The summed E-state index contributed by atoms with van der Waals surface area (Å²) in [5, 5.41) is 3.78. The Morgan fingerprint density at radius 2 is 1.88 bits per heavy atom. The number of hydrogen-bond acceptors (Lipinski definition) is 3. The lowest BCUT2D eigenvalue weighted by molar-refractivity contribution is 0.425. The van der Waals surface area contributed by atoms with Crippen LogP contribution in [0.1, 0.15) is 25.2 Å². The molecule has 0 bridgehead atoms. The third kappa shape index (κ3) is 2.48. The fourth-order valence-electron chi connectivity index (χ4n) is 1.67. The second-order valence-corrected chi connectivity index (χ2v) is 4.44. The Labute approximate surface area is 95.5 Å². The molecule has 0 saturated carbocycles. The molecule has 0 N–H and O–H groups in total. The Kier molecular flexibility index (Phi) is 3.04. The fraction of sp³-hybridized carbons (Fsp3) is 0.385. The monoisotopic (exact) mass is 216 g/mol. The van der Waals surface area contributed by atoms with Crippen LogP contribution >= 0.6 is 0 Å². The van der Waals surface area contributed by atoms with E-state index in [2.05, 4.69) is 36.1 Å². The van der Waals surface area contributed by atoms with Crippen molar-refractivity contribution in [3.05, 3.63) is 35.7 Å². The van der Waals surface area contributed by atoms with Gasteiger partial charge in [-0.05, 0) is 37.0 Å². The van der Waals surface area contributed by atoms with Gasteiger partial charge in [-0.1, -0.05) is 31.1 Å². The summed E-state index contributed by atoms with van der Waals surface area (Å²) in [7, 11) is 0. The number of benzene rings is 1. The minimum Gasteiger partial charge on any atom is -0.334 e. The van der Waals surface area contributed by atoms with Gasteiger partial charge in [-0.15, -0.1) is 0 Å². The molecule has 1 aromatic carbocycles. The summed E-state index contributed by atoms with van der Waals surface area (Å²) in [4.78, 5) is 4.19. The van der Waals surface area contributed by atoms with Crippen LogP contribution in [0.15, 0.2) is 28.8 Å². The first-order valence-electron chi connectivity index (χ1n) is 5.55. The van der Waals surface area contributed by atoms with Gasteiger partial charge < -0.3 is 4.52 Å². The second-order valence-electron chi connectivity index (χ2n) is 4.44. The lowest BCUT2D eigenvalue weighted by Gasteiger charge is -2.04. The average molecular weight is 216 g/mol. The van der Waals surface area contributed by atoms with Crippen molar-refractivity contribution in [1.82, 2.24) is 10.1 Å². The molecule has 0 unspecified atom stereocenters. The number of aryl methyl sites for hydroxylation is 1. The zero-order chi connectivity index (χ0) is 11.5. The zero-order valence-corrected chi connectivity index (χ0v) is 9.90. The first-order chi connectivity index (χ1) is 7.65. The standard InChI is InChI=1S/C13H16N2O/c1-9(2)8-11-4-6-12(7-5-11)13-14-10(3)15-16-13/h4-7,9H,8H2,1-3H3. The Bertz CT molecular complexity index is 457. The topological polar surface area (TPSA) is 38.9 Å². The average Bonchev–Trinajstić information content (AvgIpc) is 2.65. The normalized spacial score (nSPS) is 11.0. The highest BCUT2D eigenvalue weighted by molar-refractivity contribution is 5.53. The molecule has 0 aliphatic carbocycles. The zero-order valence-electron chi connectivity index (χ0n) is 9.90. The molecule has 16 heavy (non-hydrogen) atoms. The second kappa shape index (κ2) is 4.47. The van der Waals surface area contributed by atoms with E-state index in [1.54, 1.807) is 0 Å². The van der Waals surface area contributed by atoms with Crippen LogP contribution in [0.3, 0.4) is 0 Å². The summed E-state index contributed by atoms with van der Waals surface area (Å²) in [5.74, 6) is 1.94. The van der Waals surface area contributed by atoms with E-state index in [1.165, 1.54) is 5.56 Å². The first-order valence-corrected chi connectivity index (χ1v) is 5.55. The quantitative estimate of drug-likeness (QED) is 0.790. The van der Waals surface area contributed by atoms with E-state index in [0.717, 1.165) is 12.0 Å². The van der Waals surface area contributed by atoms with Gasteiger partial charge in [0.15, 0.2) is 5.82 Å². The minimum absolute atomic E-state index is 0.591. The summed E-state index contributed by atoms with van der Waals surface area (Å²) >= 11 is 0. The molecule has 0 radical (unpaired) electrons. The molecule has 0 atom stereocenters. The molecule has 0 aliphatic rings. The van der Waals surface area contributed by atoms with Gasteiger partial charge in [0.2, 0.25) is 0 Å². The van der Waals surface area contributed by atoms with Crippen molar-refractivity contribution >= 4 is 0 Å². The van der Waals surface area contributed by atoms with Crippen molar-refractivity contribution in [2.24, 2.45) is 5.92 Å². The third-order valence-corrected chi connectivity index (χ3v) is 2.37. The molecule has 1 heterocycles. The minimum atomic E-state index is 0.591. The largest absolute Gasteiger partial charge is 0.334 e. The van der Waals surface area contributed by atoms with Gasteiger partial charge in [0.05, 0.1) is 0 Å². The van der Waals surface area contributed by atoms with Crippen LogP contribution in [0.2, 0.25) is 0 Å². The van der Waals surface area contributed by atoms with E-state index < -0.39 is 0 Å². The number of aromatic nitrogens is 2. The van der Waals surface area contributed by atoms with Crippen LogP contribution in [0.5, 0.6) is 0 Å². The number of nitrogens with zero attached hydrogens (tertiary/aromatic N) is 2. The maximum atomic E-state index is 5.11. The Morgan fingerprint density at radius 1 is 1.19 bits per heavy atom. The predicted octanol–water partition coefficient (Wildman–Crippen LogP) is 3.24. The maximum Gasteiger partial charge on any atom is 0.257 e. The van der Waals surface area contributed by atoms with Crippen molar-refractivity contribution < 1.29 is 4.52 Å². The number of hydrogen-bond donors (Lipinski definition) is 0. The lowest BCUT2D eigenvalue weighted by Crippen LogP contribution is -1.93. The molecule has 2 aromatic rings. The first kappa shape index (κ1) is 10.9. The Balaban J connectivity index is 2.19. The van der Waals surface area contributed by atoms with Gasteiger partial charge in [0.25, 0.3) is 5.89 Å². The fourth-order valence-corrected chi connectivity index (χ4v) is 1.67. The highest BCUT2D eigenvalue weighted by atomic mass is 16.5. The summed E-state index contributed by atoms with van der Waals surface area (Å²) in [6, 6.07) is 8.30. The van der Waals surface area contributed by atoms with E-state index in [1.807, 2.05) is 19.1 Å². The molecule has 0 saturated heterocycles. The number of rotatable bonds is 3. The van der Waals surface area contributed by atoms with Crippen LogP contribution < -0.4 is 0 Å². The van der Waals surface area contributed by atoms with Crippen LogP contribution in [0.4, 0.5) is 0 Å². The van der Waals surface area contributed by atoms with Gasteiger partial charge in [-0.25, -0.2) is 0 Å². The van der Waals surface area contributed by atoms with Gasteiger partial charge in [0, 0.05) is 5.56 Å². The molecule has 2 rings (SSSR count). The molecule has 0 spiro atoms. The molecular weight excluding hydrogens is 200 g/mol. The summed E-state index contributed by atoms with van der Waals surface area (Å²) in [5.41, 5.74) is 2.32. The Hall–Kier alpha value is -1.64. The van der Waals surface area contributed by atoms with Gasteiger partial charge in [-0.3, -0.25) is 0 Å². The van der Waals surface area contributed by atoms with Gasteiger partial charge in [0.1, 0.15) is 0 Å². The summed E-state index contributed by atoms with van der Waals surface area (Å²) in [6.07, 6.45) is 1.10. The van der Waals surface area contributed by atoms with Crippen molar-refractivity contribution in [2.75, 3.05) is 0 Å². The Morgan fingerprint density at radius 3 is 2.38 bits per heavy atom. The molecule has 0 amide bonds. The van der Waals surface area contributed by atoms with Crippen LogP contribution in [0.25, 0.3) is 11.5 Å². The van der Waals surface area contributed by atoms with Crippen molar-refractivity contribution in [1.29, 1.82) is 0 Å². The predicted molar refractivity (Wildman–Crippen MR) is 63.0 cm³/mol. The van der Waals surface area contributed by atoms with E-state index in [-0.39, 0.29) is 0 Å². The maximum absolute atomic E-state index is 5.11. The van der Waals surface area contributed by atoms with Gasteiger partial charge >= 0.3 is 0 Å². The van der Waals surface area contributed by atoms with E-state index >= 15 is 0 Å². The summed E-state index contributed by atoms with van der Waals surface area (Å²) < 4.78 is 5.11. The van der Waals surface area contributed by atoms with Crippen molar-refractivity contribution in [3.8, 4) is 11.5 Å². The molecule has 84 valence electrons. The van der Waals surface area contributed by atoms with Crippen LogP contribution in [-0.4, -0.2) is 10.1 Å². The summed E-state index contributed by atoms with van der Waals surface area (Å²) in [6.45, 7) is 6.25.